The Hall–Kier alpha value is -4.53. The molecule has 3 aromatic heterocycles. The molecule has 0 unspecified atom stereocenters. The second-order valence-electron chi connectivity index (χ2n) is 7.37. The number of anilines is 1. The fraction of sp³-hybridized carbons (Fsp3) is 0.0800. The number of rotatable bonds is 7. The van der Waals surface area contributed by atoms with Crippen LogP contribution in [0.1, 0.15) is 16.1 Å². The maximum atomic E-state index is 13.3. The molecule has 0 saturated heterocycles. The van der Waals surface area contributed by atoms with Crippen molar-refractivity contribution in [3.63, 3.8) is 0 Å². The van der Waals surface area contributed by atoms with Gasteiger partial charge in [-0.3, -0.25) is 4.79 Å². The van der Waals surface area contributed by atoms with Crippen LogP contribution in [-0.2, 0) is 6.54 Å². The van der Waals surface area contributed by atoms with E-state index in [1.807, 2.05) is 36.4 Å². The van der Waals surface area contributed by atoms with Gasteiger partial charge in [0.1, 0.15) is 18.1 Å². The number of amides is 1. The van der Waals surface area contributed by atoms with Gasteiger partial charge in [-0.15, -0.1) is 0 Å². The molecule has 2 aromatic carbocycles. The molecule has 5 aromatic rings. The third-order valence-electron chi connectivity index (χ3n) is 5.16. The minimum atomic E-state index is -3.02. The number of aromatic nitrogens is 3. The van der Waals surface area contributed by atoms with Crippen LogP contribution in [0.15, 0.2) is 89.7 Å². The summed E-state index contributed by atoms with van der Waals surface area (Å²) in [4.78, 5) is 18.1. The average Bonchev–Trinajstić information content (AvgIpc) is 3.50. The largest absolute Gasteiger partial charge is 0.467 e. The molecule has 3 heterocycles. The van der Waals surface area contributed by atoms with Crippen LogP contribution in [0, 0.1) is 0 Å². The number of pyridine rings is 1. The lowest BCUT2D eigenvalue weighted by Gasteiger charge is -2.13. The minimum absolute atomic E-state index is 0.127. The molecule has 34 heavy (non-hydrogen) atoms. The van der Waals surface area contributed by atoms with Gasteiger partial charge in [0.05, 0.1) is 34.8 Å². The third-order valence-corrected chi connectivity index (χ3v) is 5.16. The van der Waals surface area contributed by atoms with Crippen LogP contribution >= 0.6 is 0 Å². The molecular weight excluding hydrogens is 442 g/mol. The van der Waals surface area contributed by atoms with E-state index in [2.05, 4.69) is 15.2 Å². The first kappa shape index (κ1) is 21.3. The number of ether oxygens (including phenoxy) is 1. The summed E-state index contributed by atoms with van der Waals surface area (Å²) in [7, 11) is 0. The van der Waals surface area contributed by atoms with Gasteiger partial charge < -0.3 is 14.5 Å². The molecule has 0 aliphatic rings. The molecule has 0 aliphatic heterocycles. The first-order chi connectivity index (χ1) is 16.6. The van der Waals surface area contributed by atoms with Gasteiger partial charge in [0.25, 0.3) is 5.91 Å². The summed E-state index contributed by atoms with van der Waals surface area (Å²) >= 11 is 0. The van der Waals surface area contributed by atoms with Crippen LogP contribution in [0.2, 0.25) is 0 Å². The normalized spacial score (nSPS) is 11.1. The molecule has 1 N–H and O–H groups in total. The number of carbonyl (C=O) groups excluding carboxylic acids is 1. The van der Waals surface area contributed by atoms with Crippen molar-refractivity contribution in [2.45, 2.75) is 13.2 Å². The summed E-state index contributed by atoms with van der Waals surface area (Å²) in [6.07, 6.45) is 3.12. The van der Waals surface area contributed by atoms with E-state index in [9.17, 15) is 13.6 Å². The van der Waals surface area contributed by atoms with Crippen molar-refractivity contribution in [1.82, 2.24) is 14.8 Å². The van der Waals surface area contributed by atoms with E-state index in [0.29, 0.717) is 34.6 Å². The number of hydrogen-bond acceptors (Lipinski definition) is 5. The molecule has 0 radical (unpaired) electrons. The van der Waals surface area contributed by atoms with Crippen molar-refractivity contribution in [3.8, 4) is 17.0 Å². The smallest absolute Gasteiger partial charge is 0.387 e. The molecule has 9 heteroatoms. The van der Waals surface area contributed by atoms with Crippen LogP contribution in [0.25, 0.3) is 22.3 Å². The molecule has 170 valence electrons. The zero-order valence-corrected chi connectivity index (χ0v) is 17.7. The molecular formula is C25H18F2N4O3. The van der Waals surface area contributed by atoms with Gasteiger partial charge in [-0.05, 0) is 30.3 Å². The van der Waals surface area contributed by atoms with Gasteiger partial charge in [-0.2, -0.15) is 13.9 Å². The van der Waals surface area contributed by atoms with Crippen LogP contribution in [0.5, 0.6) is 5.75 Å². The maximum Gasteiger partial charge on any atom is 0.387 e. The van der Waals surface area contributed by atoms with E-state index < -0.39 is 12.5 Å². The molecule has 1 amide bonds. The fourth-order valence-electron chi connectivity index (χ4n) is 3.62. The third kappa shape index (κ3) is 4.36. The van der Waals surface area contributed by atoms with Crippen LogP contribution in [-0.4, -0.2) is 27.3 Å². The summed E-state index contributed by atoms with van der Waals surface area (Å²) in [6, 6.07) is 20.7. The Bertz CT molecular complexity index is 1430. The number of alkyl halides is 2. The molecule has 0 aliphatic carbocycles. The number of nitrogens with one attached hydrogen (secondary N) is 1. The molecule has 0 atom stereocenters. The quantitative estimate of drug-likeness (QED) is 0.342. The van der Waals surface area contributed by atoms with E-state index in [1.165, 1.54) is 12.1 Å². The molecule has 7 nitrogen and oxygen atoms in total. The van der Waals surface area contributed by atoms with Crippen LogP contribution < -0.4 is 10.1 Å². The van der Waals surface area contributed by atoms with E-state index in [1.54, 1.807) is 41.4 Å². The highest BCUT2D eigenvalue weighted by molar-refractivity contribution is 6.13. The van der Waals surface area contributed by atoms with Crippen molar-refractivity contribution < 1.29 is 22.7 Å². The van der Waals surface area contributed by atoms with Crippen molar-refractivity contribution in [3.05, 3.63) is 96.6 Å². The Morgan fingerprint density at radius 2 is 1.85 bits per heavy atom. The Morgan fingerprint density at radius 3 is 2.62 bits per heavy atom. The fourth-order valence-corrected chi connectivity index (χ4v) is 3.62. The monoisotopic (exact) mass is 460 g/mol. The van der Waals surface area contributed by atoms with Gasteiger partial charge >= 0.3 is 6.61 Å². The highest BCUT2D eigenvalue weighted by Gasteiger charge is 2.20. The number of nitrogens with zero attached hydrogens (tertiary/aromatic N) is 3. The number of hydrogen-bond donors (Lipinski definition) is 1. The average molecular weight is 460 g/mol. The summed E-state index contributed by atoms with van der Waals surface area (Å²) in [5, 5.41) is 7.59. The van der Waals surface area contributed by atoms with Crippen LogP contribution in [0.4, 0.5) is 14.5 Å². The number of carbonyl (C=O) groups is 1. The predicted molar refractivity (Wildman–Crippen MR) is 122 cm³/mol. The van der Waals surface area contributed by atoms with Gasteiger partial charge in [0, 0.05) is 5.56 Å². The predicted octanol–water partition coefficient (Wildman–Crippen LogP) is 5.59. The summed E-state index contributed by atoms with van der Waals surface area (Å²) in [5.74, 6) is 0.0429. The number of para-hydroxylation sites is 2. The van der Waals surface area contributed by atoms with Crippen molar-refractivity contribution in [1.29, 1.82) is 0 Å². The topological polar surface area (TPSA) is 82.2 Å². The summed E-state index contributed by atoms with van der Waals surface area (Å²) in [6.45, 7) is -2.69. The molecule has 0 bridgehead atoms. The SMILES string of the molecule is O=C(Nc1ccccc1OC(F)F)c1cc(-c2ccccc2)nc2c1cnn2Cc1ccco1. The lowest BCUT2D eigenvalue weighted by atomic mass is 10.1. The summed E-state index contributed by atoms with van der Waals surface area (Å²) in [5.41, 5.74) is 2.28. The van der Waals surface area contributed by atoms with Crippen molar-refractivity contribution in [2.24, 2.45) is 0 Å². The first-order valence-corrected chi connectivity index (χ1v) is 10.4. The van der Waals surface area contributed by atoms with E-state index in [0.717, 1.165) is 5.56 Å². The number of furan rings is 1. The highest BCUT2D eigenvalue weighted by atomic mass is 19.3. The molecule has 0 fully saturated rings. The number of halogens is 2. The Labute approximate surface area is 192 Å². The number of fused-ring (bicyclic) bond motifs is 1. The van der Waals surface area contributed by atoms with E-state index >= 15 is 0 Å². The molecule has 0 spiro atoms. The Morgan fingerprint density at radius 1 is 1.06 bits per heavy atom. The standard InChI is InChI=1S/C25H18F2N4O3/c26-25(27)34-22-11-5-4-10-20(22)30-24(32)18-13-21(16-7-2-1-3-8-16)29-23-19(18)14-28-31(23)15-17-9-6-12-33-17/h1-14,25H,15H2,(H,30,32). The Kier molecular flexibility index (Phi) is 5.73. The lowest BCUT2D eigenvalue weighted by molar-refractivity contribution is -0.0493. The maximum absolute atomic E-state index is 13.3. The van der Waals surface area contributed by atoms with Gasteiger partial charge in [0.15, 0.2) is 5.65 Å². The number of benzene rings is 2. The van der Waals surface area contributed by atoms with Gasteiger partial charge in [-0.25, -0.2) is 9.67 Å². The van der Waals surface area contributed by atoms with Gasteiger partial charge in [0.2, 0.25) is 0 Å². The lowest BCUT2D eigenvalue weighted by Crippen LogP contribution is -2.15. The second-order valence-corrected chi connectivity index (χ2v) is 7.37. The molecule has 5 rings (SSSR count). The second kappa shape index (κ2) is 9.14. The van der Waals surface area contributed by atoms with Crippen molar-refractivity contribution >= 4 is 22.6 Å². The first-order valence-electron chi connectivity index (χ1n) is 10.4. The zero-order valence-electron chi connectivity index (χ0n) is 17.7. The minimum Gasteiger partial charge on any atom is -0.467 e. The summed E-state index contributed by atoms with van der Waals surface area (Å²) < 4.78 is 37.2. The van der Waals surface area contributed by atoms with Gasteiger partial charge in [-0.1, -0.05) is 42.5 Å². The van der Waals surface area contributed by atoms with Crippen molar-refractivity contribution in [2.75, 3.05) is 5.32 Å². The van der Waals surface area contributed by atoms with Crippen LogP contribution in [0.3, 0.4) is 0 Å². The van der Waals surface area contributed by atoms with E-state index in [-0.39, 0.29) is 11.4 Å². The highest BCUT2D eigenvalue weighted by Crippen LogP contribution is 2.29. The zero-order chi connectivity index (χ0) is 23.5. The Balaban J connectivity index is 1.58. The van der Waals surface area contributed by atoms with E-state index in [4.69, 9.17) is 9.40 Å². The molecule has 0 saturated carbocycles.